The minimum atomic E-state index is -1.59. The van der Waals surface area contributed by atoms with Gasteiger partial charge in [-0.05, 0) is 72.2 Å². The second-order valence-electron chi connectivity index (χ2n) is 11.6. The summed E-state index contributed by atoms with van der Waals surface area (Å²) >= 11 is 6.17. The number of carbonyl (C=O) groups is 1. The number of nitrogens with one attached hydrogen (secondary N) is 1. The van der Waals surface area contributed by atoms with Gasteiger partial charge in [0.15, 0.2) is 0 Å². The summed E-state index contributed by atoms with van der Waals surface area (Å²) in [6.07, 6.45) is 5.81. The maximum atomic E-state index is 12.0. The molecule has 2 N–H and O–H groups in total. The number of carboxylic acids is 1. The lowest BCUT2D eigenvalue weighted by atomic mass is 9.72. The van der Waals surface area contributed by atoms with Gasteiger partial charge in [-0.25, -0.2) is 9.78 Å². The van der Waals surface area contributed by atoms with Crippen LogP contribution in [0.15, 0.2) is 72.6 Å². The second-order valence-corrected chi connectivity index (χ2v) is 12.0. The normalized spacial score (nSPS) is 18.8. The number of pyridine rings is 1. The summed E-state index contributed by atoms with van der Waals surface area (Å²) in [5.74, 6) is -0.386. The fraction of sp³-hybridized carbons (Fsp3) is 0.333. The Morgan fingerprint density at radius 3 is 2.66 bits per heavy atom. The molecule has 1 fully saturated rings. The molecule has 0 radical (unpaired) electrons. The first-order chi connectivity index (χ1) is 20.5. The number of aromatic amines is 1. The summed E-state index contributed by atoms with van der Waals surface area (Å²) < 4.78 is 24.7. The summed E-state index contributed by atoms with van der Waals surface area (Å²) in [7, 11) is 0. The molecule has 7 nitrogen and oxygen atoms in total. The first kappa shape index (κ1) is 24.9. The van der Waals surface area contributed by atoms with E-state index in [1.807, 2.05) is 41.3 Å². The topological polar surface area (TPSA) is 81.7 Å². The molecule has 212 valence electrons. The van der Waals surface area contributed by atoms with Crippen molar-refractivity contribution < 1.29 is 17.4 Å². The van der Waals surface area contributed by atoms with Gasteiger partial charge in [-0.2, -0.15) is 0 Å². The molecule has 4 aromatic rings. The highest BCUT2D eigenvalue weighted by atomic mass is 35.5. The zero-order valence-electron chi connectivity index (χ0n) is 25.3. The van der Waals surface area contributed by atoms with Crippen molar-refractivity contribution >= 4 is 39.9 Å². The van der Waals surface area contributed by atoms with E-state index in [9.17, 15) is 12.6 Å². The number of hydrogen-bond donors (Lipinski definition) is 2. The number of rotatable bonds is 7. The Bertz CT molecular complexity index is 1690. The van der Waals surface area contributed by atoms with Gasteiger partial charge in [0, 0.05) is 63.8 Å². The number of fused-ring (bicyclic) bond motifs is 1. The Balaban J connectivity index is 1.22. The van der Waals surface area contributed by atoms with Crippen LogP contribution in [0.3, 0.4) is 0 Å². The highest BCUT2D eigenvalue weighted by Gasteiger charge is 2.29. The first-order valence-electron chi connectivity index (χ1n) is 15.0. The molecule has 2 aliphatic rings. The number of piperazine rings is 1. The van der Waals surface area contributed by atoms with Crippen LogP contribution >= 0.6 is 11.6 Å². The molecule has 0 amide bonds. The van der Waals surface area contributed by atoms with E-state index in [2.05, 4.69) is 28.7 Å². The van der Waals surface area contributed by atoms with Gasteiger partial charge in [-0.15, -0.1) is 0 Å². The number of nitrogens with zero attached hydrogens (tertiary/aromatic N) is 3. The van der Waals surface area contributed by atoms with Gasteiger partial charge in [0.1, 0.15) is 22.7 Å². The van der Waals surface area contributed by atoms with E-state index >= 15 is 0 Å². The van der Waals surface area contributed by atoms with Gasteiger partial charge in [0.25, 0.3) is 0 Å². The number of aromatic carboxylic acids is 1. The average Bonchev–Trinajstić information content (AvgIpc) is 3.45. The summed E-state index contributed by atoms with van der Waals surface area (Å²) in [5, 5.41) is 11.3. The van der Waals surface area contributed by atoms with Crippen LogP contribution in [-0.4, -0.2) is 58.6 Å². The monoisotopic (exact) mass is 572 g/mol. The fourth-order valence-electron chi connectivity index (χ4n) is 5.68. The fourth-order valence-corrected chi connectivity index (χ4v) is 5.80. The van der Waals surface area contributed by atoms with Crippen LogP contribution in [0.1, 0.15) is 51.8 Å². The number of ether oxygens (including phenoxy) is 1. The molecule has 0 bridgehead atoms. The number of carboxylic acid groups (broad SMARTS) is 1. The van der Waals surface area contributed by atoms with E-state index in [0.29, 0.717) is 43.4 Å². The van der Waals surface area contributed by atoms with E-state index < -0.39 is 12.5 Å². The third-order valence-corrected chi connectivity index (χ3v) is 8.25. The summed E-state index contributed by atoms with van der Waals surface area (Å²) in [5.41, 5.74) is 4.69. The van der Waals surface area contributed by atoms with Crippen LogP contribution in [0.4, 0.5) is 5.69 Å². The number of aromatic nitrogens is 2. The molecule has 0 unspecified atom stereocenters. The van der Waals surface area contributed by atoms with Crippen molar-refractivity contribution in [1.29, 1.82) is 0 Å². The molecule has 2 aromatic heterocycles. The van der Waals surface area contributed by atoms with Gasteiger partial charge in [0.05, 0.1) is 6.20 Å². The maximum Gasteiger partial charge on any atom is 0.339 e. The molecular weight excluding hydrogens is 536 g/mol. The van der Waals surface area contributed by atoms with Gasteiger partial charge >= 0.3 is 5.97 Å². The number of anilines is 1. The second kappa shape index (κ2) is 11.2. The van der Waals surface area contributed by atoms with Crippen molar-refractivity contribution in [2.45, 2.75) is 33.1 Å². The van der Waals surface area contributed by atoms with E-state index in [-0.39, 0.29) is 16.7 Å². The van der Waals surface area contributed by atoms with Crippen molar-refractivity contribution in [2.75, 3.05) is 37.6 Å². The molecule has 2 aromatic carbocycles. The summed E-state index contributed by atoms with van der Waals surface area (Å²) in [6.45, 7) is 5.14. The highest BCUT2D eigenvalue weighted by Crippen LogP contribution is 2.43. The third-order valence-electron chi connectivity index (χ3n) is 8.00. The van der Waals surface area contributed by atoms with Crippen LogP contribution in [0.25, 0.3) is 16.6 Å². The maximum absolute atomic E-state index is 12.0. The van der Waals surface area contributed by atoms with Crippen LogP contribution < -0.4 is 9.64 Å². The molecule has 0 atom stereocenters. The number of allylic oxidation sites excluding steroid dienone is 1. The van der Waals surface area contributed by atoms with Crippen LogP contribution in [-0.2, 0) is 0 Å². The Kier molecular flexibility index (Phi) is 6.83. The van der Waals surface area contributed by atoms with Gasteiger partial charge in [-0.3, -0.25) is 4.90 Å². The number of halogens is 1. The van der Waals surface area contributed by atoms with Gasteiger partial charge < -0.3 is 19.7 Å². The predicted octanol–water partition coefficient (Wildman–Crippen LogP) is 7.49. The zero-order chi connectivity index (χ0) is 30.4. The molecule has 3 heterocycles. The standard InChI is InChI=1S/C33H35ClN4O3/c1-33(2)11-9-24(29(19-33)22-3-5-25(34)6-4-22)21-37-13-15-38(16-14-37)26-7-8-28(32(39)40)30(18-26)41-27-17-23-10-12-35-31(23)36-20-27/h3-8,10,12,17-18,20H,9,11,13-16,19,21H2,1-2H3,(H,35,36)(H,39,40)/i21D2. The average molecular weight is 573 g/mol. The van der Waals surface area contributed by atoms with E-state index in [4.69, 9.17) is 16.3 Å². The first-order valence-corrected chi connectivity index (χ1v) is 14.3. The molecule has 1 saturated heterocycles. The molecule has 8 heteroatoms. The van der Waals surface area contributed by atoms with Crippen molar-refractivity contribution in [2.24, 2.45) is 5.41 Å². The van der Waals surface area contributed by atoms with Crippen molar-refractivity contribution in [3.05, 3.63) is 88.7 Å². The third kappa shape index (κ3) is 6.11. The smallest absolute Gasteiger partial charge is 0.339 e. The quantitative estimate of drug-likeness (QED) is 0.239. The van der Waals surface area contributed by atoms with E-state index in [1.54, 1.807) is 30.6 Å². The molecule has 0 spiro atoms. The van der Waals surface area contributed by atoms with Crippen molar-refractivity contribution in [1.82, 2.24) is 14.9 Å². The Morgan fingerprint density at radius 1 is 1.12 bits per heavy atom. The highest BCUT2D eigenvalue weighted by molar-refractivity contribution is 6.30. The molecule has 6 rings (SSSR count). The number of hydrogen-bond acceptors (Lipinski definition) is 5. The SMILES string of the molecule is [2H]C([2H])(C1=C(c2ccc(Cl)cc2)CC(C)(C)CC1)N1CCN(c2ccc(C(=O)O)c(Oc3cnc4[nH]ccc4c3)c2)CC1. The minimum absolute atomic E-state index is 0.0646. The molecule has 1 aliphatic heterocycles. The Morgan fingerprint density at radius 2 is 1.90 bits per heavy atom. The van der Waals surface area contributed by atoms with Crippen LogP contribution in [0.2, 0.25) is 5.02 Å². The lowest BCUT2D eigenvalue weighted by molar-refractivity contribution is 0.0694. The lowest BCUT2D eigenvalue weighted by Crippen LogP contribution is -2.47. The predicted molar refractivity (Wildman–Crippen MR) is 164 cm³/mol. The van der Waals surface area contributed by atoms with Crippen molar-refractivity contribution in [3.8, 4) is 11.5 Å². The number of benzene rings is 2. The lowest BCUT2D eigenvalue weighted by Gasteiger charge is -2.39. The molecule has 41 heavy (non-hydrogen) atoms. The Labute approximate surface area is 248 Å². The Hall–Kier alpha value is -3.81. The van der Waals surface area contributed by atoms with E-state index in [1.165, 1.54) is 0 Å². The summed E-state index contributed by atoms with van der Waals surface area (Å²) in [6, 6.07) is 16.5. The zero-order valence-corrected chi connectivity index (χ0v) is 24.0. The molecular formula is C33H35ClN4O3. The van der Waals surface area contributed by atoms with Crippen LogP contribution in [0.5, 0.6) is 11.5 Å². The van der Waals surface area contributed by atoms with Gasteiger partial charge in [0.2, 0.25) is 0 Å². The molecule has 1 aliphatic carbocycles. The largest absolute Gasteiger partial charge is 0.478 e. The van der Waals surface area contributed by atoms with Crippen LogP contribution in [0, 0.1) is 5.41 Å². The van der Waals surface area contributed by atoms with E-state index in [0.717, 1.165) is 46.3 Å². The summed E-state index contributed by atoms with van der Waals surface area (Å²) in [4.78, 5) is 23.5. The molecule has 0 saturated carbocycles. The van der Waals surface area contributed by atoms with Crippen molar-refractivity contribution in [3.63, 3.8) is 0 Å². The number of H-pyrrole nitrogens is 1. The van der Waals surface area contributed by atoms with Gasteiger partial charge in [-0.1, -0.05) is 43.2 Å². The minimum Gasteiger partial charge on any atom is -0.478 e.